The van der Waals surface area contributed by atoms with Crippen molar-refractivity contribution in [1.29, 1.82) is 0 Å². The number of fused-ring (bicyclic) bond motifs is 1. The van der Waals surface area contributed by atoms with E-state index in [1.807, 2.05) is 0 Å². The molecule has 3 aromatic rings. The second-order valence-corrected chi connectivity index (χ2v) is 5.17. The summed E-state index contributed by atoms with van der Waals surface area (Å²) in [5, 5.41) is 2.68. The minimum absolute atomic E-state index is 0.0608. The average Bonchev–Trinajstić information content (AvgIpc) is 3.09. The highest BCUT2D eigenvalue weighted by atomic mass is 16.5. The van der Waals surface area contributed by atoms with Crippen LogP contribution in [0.3, 0.4) is 0 Å². The fourth-order valence-electron chi connectivity index (χ4n) is 2.39. The Hall–Kier alpha value is -3.75. The van der Waals surface area contributed by atoms with E-state index < -0.39 is 17.8 Å². The van der Waals surface area contributed by atoms with Gasteiger partial charge in [-0.15, -0.1) is 0 Å². The van der Waals surface area contributed by atoms with Crippen molar-refractivity contribution in [3.8, 4) is 0 Å². The maximum Gasteiger partial charge on any atom is 0.358 e. The van der Waals surface area contributed by atoms with Crippen LogP contribution in [0.25, 0.3) is 11.0 Å². The molecule has 0 radical (unpaired) electrons. The number of carbonyl (C=O) groups is 3. The van der Waals surface area contributed by atoms with E-state index in [4.69, 9.17) is 0 Å². The number of hydrogen-bond donors (Lipinski definition) is 2. The van der Waals surface area contributed by atoms with E-state index in [0.717, 1.165) is 0 Å². The number of nitrogens with zero attached hydrogens (tertiary/aromatic N) is 2. The van der Waals surface area contributed by atoms with Gasteiger partial charge in [0.2, 0.25) is 0 Å². The van der Waals surface area contributed by atoms with Crippen molar-refractivity contribution in [2.24, 2.45) is 0 Å². The first-order valence-corrected chi connectivity index (χ1v) is 7.45. The predicted octanol–water partition coefficient (Wildman–Crippen LogP) is 1.78. The maximum atomic E-state index is 12.5. The van der Waals surface area contributed by atoms with Gasteiger partial charge in [0.25, 0.3) is 5.91 Å². The number of amides is 1. The molecule has 0 aliphatic heterocycles. The van der Waals surface area contributed by atoms with E-state index in [9.17, 15) is 14.4 Å². The van der Waals surface area contributed by atoms with Crippen LogP contribution >= 0.6 is 0 Å². The van der Waals surface area contributed by atoms with Gasteiger partial charge >= 0.3 is 11.9 Å². The topological polar surface area (TPSA) is 123 Å². The van der Waals surface area contributed by atoms with Gasteiger partial charge in [-0.25, -0.2) is 19.6 Å². The highest BCUT2D eigenvalue weighted by Gasteiger charge is 2.18. The van der Waals surface area contributed by atoms with Crippen LogP contribution in [0.2, 0.25) is 0 Å². The molecule has 0 spiro atoms. The van der Waals surface area contributed by atoms with Crippen LogP contribution < -0.4 is 5.32 Å². The number of benzene rings is 1. The quantitative estimate of drug-likeness (QED) is 0.685. The molecule has 0 atom stereocenters. The lowest BCUT2D eigenvalue weighted by Gasteiger charge is -2.05. The Labute approximate surface area is 147 Å². The van der Waals surface area contributed by atoms with Gasteiger partial charge < -0.3 is 19.8 Å². The number of H-pyrrole nitrogens is 1. The molecule has 0 bridgehead atoms. The summed E-state index contributed by atoms with van der Waals surface area (Å²) in [7, 11) is 2.51. The van der Waals surface area contributed by atoms with E-state index in [1.165, 1.54) is 32.8 Å². The van der Waals surface area contributed by atoms with Gasteiger partial charge in [0.15, 0.2) is 5.69 Å². The monoisotopic (exact) mass is 354 g/mol. The molecule has 0 fully saturated rings. The number of aromatic nitrogens is 3. The van der Waals surface area contributed by atoms with Crippen LogP contribution in [0.5, 0.6) is 0 Å². The zero-order valence-corrected chi connectivity index (χ0v) is 13.9. The second-order valence-electron chi connectivity index (χ2n) is 5.17. The molecule has 0 saturated heterocycles. The van der Waals surface area contributed by atoms with Gasteiger partial charge in [-0.3, -0.25) is 4.79 Å². The fraction of sp³-hybridized carbons (Fsp3) is 0.118. The van der Waals surface area contributed by atoms with Crippen molar-refractivity contribution in [2.45, 2.75) is 0 Å². The molecule has 0 unspecified atom stereocenters. The molecule has 2 N–H and O–H groups in total. The normalized spacial score (nSPS) is 10.4. The van der Waals surface area contributed by atoms with Gasteiger partial charge in [-0.1, -0.05) is 6.07 Å². The Kier molecular flexibility index (Phi) is 4.61. The van der Waals surface area contributed by atoms with E-state index >= 15 is 0 Å². The first-order valence-electron chi connectivity index (χ1n) is 7.45. The molecule has 0 saturated carbocycles. The molecule has 9 nitrogen and oxygen atoms in total. The maximum absolute atomic E-state index is 12.5. The van der Waals surface area contributed by atoms with Crippen LogP contribution in [0.15, 0.2) is 36.8 Å². The fourth-order valence-corrected chi connectivity index (χ4v) is 2.39. The summed E-state index contributed by atoms with van der Waals surface area (Å²) in [5.74, 6) is -1.61. The van der Waals surface area contributed by atoms with Gasteiger partial charge in [-0.05, 0) is 18.2 Å². The third-order valence-corrected chi connectivity index (χ3v) is 3.64. The number of nitrogens with one attached hydrogen (secondary N) is 2. The van der Waals surface area contributed by atoms with Crippen molar-refractivity contribution in [3.63, 3.8) is 0 Å². The molecule has 2 heterocycles. The number of rotatable bonds is 4. The molecule has 2 aromatic heterocycles. The molecular formula is C17H14N4O5. The summed E-state index contributed by atoms with van der Waals surface area (Å²) >= 11 is 0. The Morgan fingerprint density at radius 1 is 1.04 bits per heavy atom. The summed E-state index contributed by atoms with van der Waals surface area (Å²) in [5.41, 5.74) is 1.65. The summed E-state index contributed by atoms with van der Waals surface area (Å²) in [6.07, 6.45) is 2.70. The van der Waals surface area contributed by atoms with Gasteiger partial charge in [0.05, 0.1) is 25.5 Å². The SMILES string of the molecule is COC(=O)c1cccc(C(=O)Nc2c[nH]c3c(C(=O)OC)ncnc23)c1. The third-order valence-electron chi connectivity index (χ3n) is 3.64. The zero-order chi connectivity index (χ0) is 18.7. The lowest BCUT2D eigenvalue weighted by atomic mass is 10.1. The molecule has 1 aromatic carbocycles. The number of hydrogen-bond acceptors (Lipinski definition) is 7. The molecule has 26 heavy (non-hydrogen) atoms. The van der Waals surface area contributed by atoms with E-state index in [2.05, 4.69) is 29.7 Å². The smallest absolute Gasteiger partial charge is 0.358 e. The largest absolute Gasteiger partial charge is 0.465 e. The minimum atomic E-state index is -0.622. The molecule has 1 amide bonds. The second kappa shape index (κ2) is 7.01. The van der Waals surface area contributed by atoms with E-state index in [-0.39, 0.29) is 16.8 Å². The minimum Gasteiger partial charge on any atom is -0.465 e. The first-order chi connectivity index (χ1) is 12.5. The lowest BCUT2D eigenvalue weighted by molar-refractivity contribution is 0.0589. The Balaban J connectivity index is 1.91. The van der Waals surface area contributed by atoms with Crippen LogP contribution in [0.4, 0.5) is 5.69 Å². The van der Waals surface area contributed by atoms with Crippen LogP contribution in [-0.4, -0.2) is 47.0 Å². The van der Waals surface area contributed by atoms with Crippen molar-refractivity contribution < 1.29 is 23.9 Å². The van der Waals surface area contributed by atoms with Crippen molar-refractivity contribution in [3.05, 3.63) is 53.6 Å². The number of ether oxygens (including phenoxy) is 2. The highest BCUT2D eigenvalue weighted by Crippen LogP contribution is 2.23. The lowest BCUT2D eigenvalue weighted by Crippen LogP contribution is -2.13. The molecule has 3 rings (SSSR count). The zero-order valence-electron chi connectivity index (χ0n) is 13.9. The summed E-state index contributed by atoms with van der Waals surface area (Å²) < 4.78 is 9.31. The summed E-state index contributed by atoms with van der Waals surface area (Å²) in [6, 6.07) is 6.11. The molecule has 0 aliphatic carbocycles. The van der Waals surface area contributed by atoms with Crippen LogP contribution in [-0.2, 0) is 9.47 Å². The van der Waals surface area contributed by atoms with Crippen LogP contribution in [0.1, 0.15) is 31.2 Å². The number of carbonyl (C=O) groups excluding carboxylic acids is 3. The Morgan fingerprint density at radius 2 is 1.77 bits per heavy atom. The average molecular weight is 354 g/mol. The molecule has 9 heteroatoms. The van der Waals surface area contributed by atoms with E-state index in [0.29, 0.717) is 16.7 Å². The number of methoxy groups -OCH3 is 2. The van der Waals surface area contributed by atoms with Gasteiger partial charge in [0.1, 0.15) is 17.4 Å². The molecule has 132 valence electrons. The predicted molar refractivity (Wildman–Crippen MR) is 91.0 cm³/mol. The third kappa shape index (κ3) is 3.09. The Morgan fingerprint density at radius 3 is 2.50 bits per heavy atom. The summed E-state index contributed by atoms with van der Waals surface area (Å²) in [6.45, 7) is 0. The number of esters is 2. The van der Waals surface area contributed by atoms with Crippen molar-refractivity contribution in [1.82, 2.24) is 15.0 Å². The number of aromatic amines is 1. The Bertz CT molecular complexity index is 1010. The van der Waals surface area contributed by atoms with Crippen molar-refractivity contribution in [2.75, 3.05) is 19.5 Å². The van der Waals surface area contributed by atoms with Gasteiger partial charge in [0, 0.05) is 11.8 Å². The first kappa shape index (κ1) is 17.1. The number of anilines is 1. The van der Waals surface area contributed by atoms with Crippen LogP contribution in [0, 0.1) is 0 Å². The summed E-state index contributed by atoms with van der Waals surface area (Å²) in [4.78, 5) is 46.6. The van der Waals surface area contributed by atoms with E-state index in [1.54, 1.807) is 18.2 Å². The molecular weight excluding hydrogens is 340 g/mol. The van der Waals surface area contributed by atoms with Crippen molar-refractivity contribution >= 4 is 34.6 Å². The van der Waals surface area contributed by atoms with Gasteiger partial charge in [-0.2, -0.15) is 0 Å². The molecule has 0 aliphatic rings. The highest BCUT2D eigenvalue weighted by molar-refractivity contribution is 6.11. The standard InChI is InChI=1S/C17H14N4O5/c1-25-16(23)10-5-3-4-9(6-10)15(22)21-11-7-18-13-12(11)19-8-20-14(13)17(24)26-2/h3-8,18H,1-2H3,(H,21,22).